The van der Waals surface area contributed by atoms with Gasteiger partial charge in [-0.25, -0.2) is 9.67 Å². The third kappa shape index (κ3) is 4.73. The van der Waals surface area contributed by atoms with E-state index in [0.717, 1.165) is 12.0 Å². The van der Waals surface area contributed by atoms with Gasteiger partial charge in [-0.1, -0.05) is 44.2 Å². The summed E-state index contributed by atoms with van der Waals surface area (Å²) in [4.78, 5) is 31.2. The summed E-state index contributed by atoms with van der Waals surface area (Å²) in [5, 5.41) is 13.8. The van der Waals surface area contributed by atoms with Crippen molar-refractivity contribution < 1.29 is 12.4 Å². The Morgan fingerprint density at radius 1 is 1.27 bits per heavy atom. The van der Waals surface area contributed by atoms with Crippen LogP contribution in [0.25, 0.3) is 0 Å². The Morgan fingerprint density at radius 3 is 2.80 bits per heavy atom. The highest BCUT2D eigenvalue weighted by atomic mass is 16.2. The number of hydrogen-bond acceptors (Lipinski definition) is 5. The number of carbonyl (C=O) groups excluding carboxylic acids is 2. The Morgan fingerprint density at radius 2 is 2.03 bits per heavy atom. The lowest BCUT2D eigenvalue weighted by molar-refractivity contribution is -0.120. The Balaban J connectivity index is 0.00000125. The van der Waals surface area contributed by atoms with E-state index in [1.165, 1.54) is 4.90 Å². The topological polar surface area (TPSA) is 109 Å². The minimum atomic E-state index is -0.628. The predicted molar refractivity (Wildman–Crippen MR) is 117 cm³/mol. The number of rotatable bonds is 4. The molecule has 2 amide bonds. The van der Waals surface area contributed by atoms with Gasteiger partial charge in [-0.3, -0.25) is 19.6 Å². The Kier molecular flexibility index (Phi) is 6.95. The molecule has 2 N–H and O–H groups in total. The van der Waals surface area contributed by atoms with Crippen molar-refractivity contribution in [1.29, 1.82) is 0 Å². The summed E-state index contributed by atoms with van der Waals surface area (Å²) in [5.41, 5.74) is 1.07. The van der Waals surface area contributed by atoms with Crippen molar-refractivity contribution in [3.05, 3.63) is 59.8 Å². The monoisotopic (exact) mass is 413 g/mol. The van der Waals surface area contributed by atoms with Gasteiger partial charge in [-0.05, 0) is 18.4 Å². The summed E-state index contributed by atoms with van der Waals surface area (Å²) in [6, 6.07) is 11.0. The highest BCUT2D eigenvalue weighted by Gasteiger charge is 2.29. The number of aryl methyl sites for hydroxylation is 1. The van der Waals surface area contributed by atoms with Crippen LogP contribution in [0.1, 0.15) is 51.5 Å². The van der Waals surface area contributed by atoms with Gasteiger partial charge in [-0.15, -0.1) is 5.10 Å². The van der Waals surface area contributed by atoms with E-state index in [-0.39, 0.29) is 14.6 Å². The van der Waals surface area contributed by atoms with Crippen LogP contribution in [-0.2, 0) is 17.8 Å². The maximum Gasteiger partial charge on any atom is 0.291 e. The molecule has 0 aliphatic carbocycles. The van der Waals surface area contributed by atoms with E-state index in [9.17, 15) is 9.59 Å². The first-order chi connectivity index (χ1) is 14.6. The average molecular weight is 414 g/mol. The summed E-state index contributed by atoms with van der Waals surface area (Å²) >= 11 is 0. The maximum absolute atomic E-state index is 12.8. The molecule has 0 fully saturated rings. The SMILES string of the molecule is CC.CN1C(=O)C(NC(=O)c2n[nH]c(Cc3ccccc3)n2)CCCn2nccc21.[HH].[HH]. The molecular weight excluding hydrogens is 382 g/mol. The van der Waals surface area contributed by atoms with Gasteiger partial charge in [0.05, 0.1) is 6.20 Å². The molecule has 1 aliphatic rings. The Bertz CT molecular complexity index is 991. The first-order valence-electron chi connectivity index (χ1n) is 10.2. The lowest BCUT2D eigenvalue weighted by Crippen LogP contribution is -2.49. The van der Waals surface area contributed by atoms with Gasteiger partial charge < -0.3 is 5.32 Å². The molecule has 4 rings (SSSR count). The van der Waals surface area contributed by atoms with Gasteiger partial charge in [0.15, 0.2) is 0 Å². The molecule has 9 nitrogen and oxygen atoms in total. The molecule has 1 atom stereocenters. The minimum Gasteiger partial charge on any atom is -0.337 e. The van der Waals surface area contributed by atoms with Crippen LogP contribution in [0.5, 0.6) is 0 Å². The molecule has 0 radical (unpaired) electrons. The van der Waals surface area contributed by atoms with E-state index in [1.54, 1.807) is 24.0 Å². The normalized spacial score (nSPS) is 16.0. The smallest absolute Gasteiger partial charge is 0.291 e. The molecule has 1 aliphatic heterocycles. The Labute approximate surface area is 178 Å². The summed E-state index contributed by atoms with van der Waals surface area (Å²) < 4.78 is 1.79. The van der Waals surface area contributed by atoms with Crippen LogP contribution in [0.15, 0.2) is 42.6 Å². The fourth-order valence-electron chi connectivity index (χ4n) is 3.32. The predicted octanol–water partition coefficient (Wildman–Crippen LogP) is 2.67. The molecule has 2 aromatic heterocycles. The van der Waals surface area contributed by atoms with Crippen LogP contribution in [0.2, 0.25) is 0 Å². The van der Waals surface area contributed by atoms with Crippen LogP contribution in [0, 0.1) is 0 Å². The van der Waals surface area contributed by atoms with Gasteiger partial charge in [0.2, 0.25) is 11.7 Å². The van der Waals surface area contributed by atoms with Gasteiger partial charge in [0, 0.05) is 28.9 Å². The van der Waals surface area contributed by atoms with E-state index in [1.807, 2.05) is 44.2 Å². The van der Waals surface area contributed by atoms with E-state index < -0.39 is 11.9 Å². The highest BCUT2D eigenvalue weighted by Crippen LogP contribution is 2.18. The standard InChI is InChI=1S/C19H21N7O2.C2H6.2H2/c1-25-16-9-10-20-26(16)11-5-8-14(19(25)28)21-18(27)17-22-15(23-24-17)12-13-6-3-2-4-7-13;1-2;;/h2-4,6-7,9-10,14H,5,8,11-12H2,1H3,(H,21,27)(H,22,23,24);1-2H3;2*1H. The number of fused-ring (bicyclic) bond motifs is 1. The van der Waals surface area contributed by atoms with E-state index in [0.29, 0.717) is 31.0 Å². The molecule has 9 heteroatoms. The maximum atomic E-state index is 12.8. The van der Waals surface area contributed by atoms with Crippen LogP contribution in [0.4, 0.5) is 5.82 Å². The molecule has 1 unspecified atom stereocenters. The first kappa shape index (κ1) is 21.2. The van der Waals surface area contributed by atoms with E-state index in [2.05, 4.69) is 25.6 Å². The second-order valence-electron chi connectivity index (χ2n) is 6.75. The molecule has 3 aromatic rings. The van der Waals surface area contributed by atoms with E-state index >= 15 is 0 Å². The first-order valence-corrected chi connectivity index (χ1v) is 10.2. The third-order valence-corrected chi connectivity index (χ3v) is 4.78. The Hall–Kier alpha value is -3.49. The van der Waals surface area contributed by atoms with Crippen LogP contribution in [0.3, 0.4) is 0 Å². The number of amides is 2. The number of carbonyl (C=O) groups is 2. The van der Waals surface area contributed by atoms with Crippen LogP contribution >= 0.6 is 0 Å². The van der Waals surface area contributed by atoms with Gasteiger partial charge in [-0.2, -0.15) is 5.10 Å². The molecule has 0 bridgehead atoms. The molecule has 1 aromatic carbocycles. The molecule has 162 valence electrons. The number of nitrogens with one attached hydrogen (secondary N) is 2. The fraction of sp³-hybridized carbons (Fsp3) is 0.381. The molecule has 3 heterocycles. The number of hydrogen-bond donors (Lipinski definition) is 2. The number of anilines is 1. The van der Waals surface area contributed by atoms with Crippen molar-refractivity contribution in [2.45, 2.75) is 45.7 Å². The van der Waals surface area contributed by atoms with Gasteiger partial charge in [0.25, 0.3) is 5.91 Å². The van der Waals surface area contributed by atoms with Crippen molar-refractivity contribution in [3.8, 4) is 0 Å². The second kappa shape index (κ2) is 9.82. The minimum absolute atomic E-state index is 0. The quantitative estimate of drug-likeness (QED) is 0.683. The van der Waals surface area contributed by atoms with Crippen molar-refractivity contribution in [3.63, 3.8) is 0 Å². The zero-order valence-corrected chi connectivity index (χ0v) is 17.5. The lowest BCUT2D eigenvalue weighted by atomic mass is 10.1. The zero-order chi connectivity index (χ0) is 21.5. The van der Waals surface area contributed by atoms with Crippen molar-refractivity contribution >= 4 is 17.6 Å². The largest absolute Gasteiger partial charge is 0.337 e. The fourth-order valence-corrected chi connectivity index (χ4v) is 3.32. The second-order valence-corrected chi connectivity index (χ2v) is 6.75. The number of nitrogens with zero attached hydrogens (tertiary/aromatic N) is 5. The number of aromatic nitrogens is 5. The molecule has 0 saturated heterocycles. The lowest BCUT2D eigenvalue weighted by Gasteiger charge is -2.27. The van der Waals surface area contributed by atoms with Crippen LogP contribution < -0.4 is 10.2 Å². The summed E-state index contributed by atoms with van der Waals surface area (Å²) in [6.45, 7) is 4.69. The van der Waals surface area contributed by atoms with Gasteiger partial charge in [0.1, 0.15) is 17.7 Å². The number of aromatic amines is 1. The highest BCUT2D eigenvalue weighted by molar-refractivity contribution is 6.00. The summed E-state index contributed by atoms with van der Waals surface area (Å²) in [6.07, 6.45) is 3.47. The number of benzene rings is 1. The van der Waals surface area contributed by atoms with Gasteiger partial charge >= 0.3 is 0 Å². The van der Waals surface area contributed by atoms with Crippen molar-refractivity contribution in [2.75, 3.05) is 11.9 Å². The molecular formula is C21H31N7O2. The summed E-state index contributed by atoms with van der Waals surface area (Å²) in [7, 11) is 1.69. The van der Waals surface area contributed by atoms with Crippen molar-refractivity contribution in [2.24, 2.45) is 0 Å². The molecule has 0 saturated carbocycles. The average Bonchev–Trinajstić information content (AvgIpc) is 3.43. The molecule has 0 spiro atoms. The van der Waals surface area contributed by atoms with E-state index in [4.69, 9.17) is 0 Å². The third-order valence-electron chi connectivity index (χ3n) is 4.78. The number of H-pyrrole nitrogens is 1. The zero-order valence-electron chi connectivity index (χ0n) is 17.5. The summed E-state index contributed by atoms with van der Waals surface area (Å²) in [5.74, 6) is 0.702. The van der Waals surface area contributed by atoms with Crippen molar-refractivity contribution in [1.82, 2.24) is 30.3 Å². The molecule has 30 heavy (non-hydrogen) atoms. The van der Waals surface area contributed by atoms with Crippen LogP contribution in [-0.4, -0.2) is 49.9 Å². The number of likely N-dealkylation sites (N-methyl/N-ethyl adjacent to an activating group) is 1.